The van der Waals surface area contributed by atoms with Crippen molar-refractivity contribution < 1.29 is 4.79 Å². The molecule has 0 bridgehead atoms. The summed E-state index contributed by atoms with van der Waals surface area (Å²) >= 11 is 0. The molecule has 0 aliphatic heterocycles. The minimum absolute atomic E-state index is 0.245. The van der Waals surface area contributed by atoms with Crippen LogP contribution in [-0.4, -0.2) is 35.0 Å². The summed E-state index contributed by atoms with van der Waals surface area (Å²) in [6, 6.07) is 18.9. The zero-order chi connectivity index (χ0) is 21.1. The molecule has 2 aromatic heterocycles. The number of pyridine rings is 1. The van der Waals surface area contributed by atoms with Crippen LogP contribution < -0.4 is 15.5 Å². The highest BCUT2D eigenvalue weighted by Crippen LogP contribution is 2.21. The zero-order valence-electron chi connectivity index (χ0n) is 17.0. The van der Waals surface area contributed by atoms with Gasteiger partial charge in [0.25, 0.3) is 5.91 Å². The molecule has 0 aliphatic carbocycles. The summed E-state index contributed by atoms with van der Waals surface area (Å²) in [7, 11) is 3.88. The molecule has 0 fully saturated rings. The summed E-state index contributed by atoms with van der Waals surface area (Å²) in [4.78, 5) is 27.8. The molecule has 30 heavy (non-hydrogen) atoms. The van der Waals surface area contributed by atoms with E-state index in [2.05, 4.69) is 25.6 Å². The number of carbonyl (C=O) groups excluding carboxylic acids is 1. The molecule has 150 valence electrons. The second-order valence-corrected chi connectivity index (χ2v) is 7.12. The van der Waals surface area contributed by atoms with Crippen LogP contribution in [0.5, 0.6) is 0 Å². The van der Waals surface area contributed by atoms with E-state index in [9.17, 15) is 4.79 Å². The van der Waals surface area contributed by atoms with Crippen molar-refractivity contribution in [2.75, 3.05) is 29.6 Å². The fraction of sp³-hybridized carbons (Fsp3) is 0.130. The van der Waals surface area contributed by atoms with Gasteiger partial charge in [-0.05, 0) is 42.6 Å². The van der Waals surface area contributed by atoms with Crippen LogP contribution in [0.4, 0.5) is 23.1 Å². The van der Waals surface area contributed by atoms with Crippen molar-refractivity contribution in [1.29, 1.82) is 0 Å². The molecule has 0 spiro atoms. The van der Waals surface area contributed by atoms with Crippen molar-refractivity contribution in [2.24, 2.45) is 0 Å². The third-order valence-electron chi connectivity index (χ3n) is 4.59. The number of nitrogens with one attached hydrogen (secondary N) is 2. The summed E-state index contributed by atoms with van der Waals surface area (Å²) in [5.41, 5.74) is 2.79. The van der Waals surface area contributed by atoms with Crippen molar-refractivity contribution in [3.63, 3.8) is 0 Å². The predicted octanol–water partition coefficient (Wildman–Crippen LogP) is 4.40. The third-order valence-corrected chi connectivity index (χ3v) is 4.59. The average Bonchev–Trinajstić information content (AvgIpc) is 2.74. The first-order valence-electron chi connectivity index (χ1n) is 9.55. The molecule has 0 saturated carbocycles. The number of aryl methyl sites for hydroxylation is 1. The molecule has 2 aromatic carbocycles. The Bertz CT molecular complexity index is 1200. The number of benzene rings is 2. The van der Waals surface area contributed by atoms with Crippen LogP contribution in [-0.2, 0) is 0 Å². The van der Waals surface area contributed by atoms with Gasteiger partial charge in [0.2, 0.25) is 5.95 Å². The van der Waals surface area contributed by atoms with Crippen molar-refractivity contribution in [3.8, 4) is 0 Å². The summed E-state index contributed by atoms with van der Waals surface area (Å²) in [5, 5.41) is 7.91. The maximum Gasteiger partial charge on any atom is 0.274 e. The molecule has 4 rings (SSSR count). The summed E-state index contributed by atoms with van der Waals surface area (Å²) in [5.74, 6) is 1.11. The first-order chi connectivity index (χ1) is 14.5. The van der Waals surface area contributed by atoms with E-state index in [4.69, 9.17) is 0 Å². The predicted molar refractivity (Wildman–Crippen MR) is 121 cm³/mol. The molecule has 0 saturated heterocycles. The Morgan fingerprint density at radius 3 is 2.43 bits per heavy atom. The van der Waals surface area contributed by atoms with Gasteiger partial charge in [0, 0.05) is 48.8 Å². The molecular weight excluding hydrogens is 376 g/mol. The lowest BCUT2D eigenvalue weighted by molar-refractivity contribution is 0.102. The largest absolute Gasteiger partial charge is 0.363 e. The second-order valence-electron chi connectivity index (χ2n) is 7.12. The van der Waals surface area contributed by atoms with Gasteiger partial charge in [0.15, 0.2) is 0 Å². The van der Waals surface area contributed by atoms with Gasteiger partial charge in [-0.25, -0.2) is 4.98 Å². The lowest BCUT2D eigenvalue weighted by Crippen LogP contribution is -2.14. The lowest BCUT2D eigenvalue weighted by atomic mass is 10.1. The van der Waals surface area contributed by atoms with E-state index in [0.717, 1.165) is 28.0 Å². The Morgan fingerprint density at radius 1 is 0.933 bits per heavy atom. The highest BCUT2D eigenvalue weighted by atomic mass is 16.1. The van der Waals surface area contributed by atoms with Crippen LogP contribution in [0.25, 0.3) is 10.8 Å². The fourth-order valence-electron chi connectivity index (χ4n) is 3.09. The van der Waals surface area contributed by atoms with Gasteiger partial charge in [0.1, 0.15) is 11.5 Å². The minimum atomic E-state index is -0.245. The molecular formula is C23H22N6O. The standard InChI is InChI=1S/C23H22N6O/c1-15-14-20(29(2)3)28-23(25-15)27-18-10-8-17(9-11-18)26-22(30)21-19-7-5-4-6-16(19)12-13-24-21/h4-14H,1-3H3,(H,26,30)(H,25,27,28). The van der Waals surface area contributed by atoms with Gasteiger partial charge in [-0.1, -0.05) is 24.3 Å². The monoisotopic (exact) mass is 398 g/mol. The van der Waals surface area contributed by atoms with Gasteiger partial charge in [0.05, 0.1) is 0 Å². The maximum atomic E-state index is 12.7. The highest BCUT2D eigenvalue weighted by Gasteiger charge is 2.12. The Kier molecular flexibility index (Phi) is 5.26. The zero-order valence-corrected chi connectivity index (χ0v) is 17.0. The molecule has 2 heterocycles. The van der Waals surface area contributed by atoms with Crippen molar-refractivity contribution >= 4 is 39.8 Å². The number of aromatic nitrogens is 3. The van der Waals surface area contributed by atoms with Crippen LogP contribution in [0.1, 0.15) is 16.2 Å². The third kappa shape index (κ3) is 4.20. The molecule has 0 aliphatic rings. The quantitative estimate of drug-likeness (QED) is 0.519. The van der Waals surface area contributed by atoms with Crippen molar-refractivity contribution in [3.05, 3.63) is 78.2 Å². The van der Waals surface area contributed by atoms with Crippen LogP contribution >= 0.6 is 0 Å². The average molecular weight is 398 g/mol. The molecule has 7 heteroatoms. The Labute approximate surface area is 174 Å². The number of carbonyl (C=O) groups is 1. The summed E-state index contributed by atoms with van der Waals surface area (Å²) in [6.45, 7) is 1.93. The maximum absolute atomic E-state index is 12.7. The van der Waals surface area contributed by atoms with Crippen molar-refractivity contribution in [2.45, 2.75) is 6.92 Å². The smallest absolute Gasteiger partial charge is 0.274 e. The Balaban J connectivity index is 1.49. The number of anilines is 4. The number of fused-ring (bicyclic) bond motifs is 1. The number of rotatable bonds is 5. The van der Waals surface area contributed by atoms with Gasteiger partial charge < -0.3 is 15.5 Å². The molecule has 4 aromatic rings. The summed E-state index contributed by atoms with van der Waals surface area (Å²) < 4.78 is 0. The van der Waals surface area contributed by atoms with E-state index in [-0.39, 0.29) is 5.91 Å². The second kappa shape index (κ2) is 8.16. The van der Waals surface area contributed by atoms with Gasteiger partial charge in [-0.3, -0.25) is 9.78 Å². The van der Waals surface area contributed by atoms with Crippen LogP contribution in [0.3, 0.4) is 0 Å². The summed E-state index contributed by atoms with van der Waals surface area (Å²) in [6.07, 6.45) is 1.65. The van der Waals surface area contributed by atoms with Gasteiger partial charge in [-0.15, -0.1) is 0 Å². The molecule has 7 nitrogen and oxygen atoms in total. The number of nitrogens with zero attached hydrogens (tertiary/aromatic N) is 4. The first-order valence-corrected chi connectivity index (χ1v) is 9.55. The van der Waals surface area contributed by atoms with Crippen LogP contribution in [0, 0.1) is 6.92 Å². The normalized spacial score (nSPS) is 10.6. The number of hydrogen-bond acceptors (Lipinski definition) is 6. The van der Waals surface area contributed by atoms with Gasteiger partial charge >= 0.3 is 0 Å². The number of amides is 1. The molecule has 0 radical (unpaired) electrons. The molecule has 1 amide bonds. The SMILES string of the molecule is Cc1cc(N(C)C)nc(Nc2ccc(NC(=O)c3nccc4ccccc34)cc2)n1. The van der Waals surface area contributed by atoms with Gasteiger partial charge in [-0.2, -0.15) is 4.98 Å². The van der Waals surface area contributed by atoms with E-state index >= 15 is 0 Å². The molecule has 0 atom stereocenters. The molecule has 2 N–H and O–H groups in total. The topological polar surface area (TPSA) is 83.0 Å². The highest BCUT2D eigenvalue weighted by molar-refractivity contribution is 6.11. The minimum Gasteiger partial charge on any atom is -0.363 e. The van der Waals surface area contributed by atoms with E-state index in [1.54, 1.807) is 6.20 Å². The lowest BCUT2D eigenvalue weighted by Gasteiger charge is -2.14. The van der Waals surface area contributed by atoms with E-state index in [1.165, 1.54) is 0 Å². The van der Waals surface area contributed by atoms with E-state index in [0.29, 0.717) is 17.3 Å². The Hall–Kier alpha value is -4.00. The van der Waals surface area contributed by atoms with E-state index in [1.807, 2.05) is 86.6 Å². The molecule has 0 unspecified atom stereocenters. The van der Waals surface area contributed by atoms with Crippen LogP contribution in [0.2, 0.25) is 0 Å². The number of hydrogen-bond donors (Lipinski definition) is 2. The van der Waals surface area contributed by atoms with E-state index < -0.39 is 0 Å². The van der Waals surface area contributed by atoms with Crippen molar-refractivity contribution in [1.82, 2.24) is 15.0 Å². The fourth-order valence-corrected chi connectivity index (χ4v) is 3.09. The van der Waals surface area contributed by atoms with Crippen LogP contribution in [0.15, 0.2) is 66.9 Å². The first kappa shape index (κ1) is 19.3. The Morgan fingerprint density at radius 2 is 1.67 bits per heavy atom.